The highest BCUT2D eigenvalue weighted by molar-refractivity contribution is 5.13. The number of aromatic nitrogens is 2. The molecule has 0 saturated heterocycles. The van der Waals surface area contributed by atoms with Gasteiger partial charge in [-0.1, -0.05) is 19.8 Å². The Kier molecular flexibility index (Phi) is 5.10. The van der Waals surface area contributed by atoms with Crippen molar-refractivity contribution in [3.63, 3.8) is 0 Å². The molecular formula is C17H32N4. The van der Waals surface area contributed by atoms with E-state index in [9.17, 15) is 0 Å². The van der Waals surface area contributed by atoms with Crippen LogP contribution in [0.5, 0.6) is 0 Å². The minimum atomic E-state index is 0.255. The smallest absolute Gasteiger partial charge is 0.0596 e. The number of nitrogens with one attached hydrogen (secondary N) is 1. The average Bonchev–Trinajstić information content (AvgIpc) is 2.73. The van der Waals surface area contributed by atoms with Crippen LogP contribution in [0.3, 0.4) is 0 Å². The van der Waals surface area contributed by atoms with Gasteiger partial charge in [0, 0.05) is 30.7 Å². The molecule has 3 atom stereocenters. The lowest BCUT2D eigenvalue weighted by molar-refractivity contribution is 0.0393. The first-order valence-corrected chi connectivity index (χ1v) is 8.23. The standard InChI is InChI=1S/C17H32N4/c1-13-8-7-9-17(12-13,20(4)5)16(18-3)11-15-10-14(2)19-21(15)6/h10,13,16,18H,7-9,11-12H2,1-6H3. The molecule has 1 aromatic heterocycles. The van der Waals surface area contributed by atoms with E-state index in [-0.39, 0.29) is 5.54 Å². The summed E-state index contributed by atoms with van der Waals surface area (Å²) < 4.78 is 2.04. The van der Waals surface area contributed by atoms with Crippen LogP contribution in [-0.4, -0.2) is 47.4 Å². The minimum absolute atomic E-state index is 0.255. The maximum atomic E-state index is 4.50. The van der Waals surface area contributed by atoms with Gasteiger partial charge in [0.1, 0.15) is 0 Å². The predicted molar refractivity (Wildman–Crippen MR) is 88.5 cm³/mol. The third kappa shape index (κ3) is 3.32. The molecule has 0 bridgehead atoms. The zero-order valence-electron chi connectivity index (χ0n) is 14.6. The molecule has 1 heterocycles. The summed E-state index contributed by atoms with van der Waals surface area (Å²) in [6.45, 7) is 4.47. The van der Waals surface area contributed by atoms with Crippen LogP contribution in [0.1, 0.15) is 44.0 Å². The Labute approximate surface area is 129 Å². The van der Waals surface area contributed by atoms with Crippen molar-refractivity contribution >= 4 is 0 Å². The molecular weight excluding hydrogens is 260 g/mol. The van der Waals surface area contributed by atoms with Crippen LogP contribution >= 0.6 is 0 Å². The number of hydrogen-bond acceptors (Lipinski definition) is 3. The van der Waals surface area contributed by atoms with Crippen molar-refractivity contribution in [2.24, 2.45) is 13.0 Å². The van der Waals surface area contributed by atoms with Crippen LogP contribution in [0.15, 0.2) is 6.07 Å². The third-order valence-corrected chi connectivity index (χ3v) is 5.41. The normalized spacial score (nSPS) is 28.0. The molecule has 4 heteroatoms. The van der Waals surface area contributed by atoms with E-state index in [0.717, 1.165) is 18.0 Å². The average molecular weight is 292 g/mol. The second-order valence-electron chi connectivity index (χ2n) is 7.15. The summed E-state index contributed by atoms with van der Waals surface area (Å²) in [4.78, 5) is 2.47. The third-order valence-electron chi connectivity index (χ3n) is 5.41. The molecule has 1 N–H and O–H groups in total. The topological polar surface area (TPSA) is 33.1 Å². The summed E-state index contributed by atoms with van der Waals surface area (Å²) in [7, 11) is 8.66. The lowest BCUT2D eigenvalue weighted by Crippen LogP contribution is -2.61. The highest BCUT2D eigenvalue weighted by Gasteiger charge is 2.43. The number of nitrogens with zero attached hydrogens (tertiary/aromatic N) is 3. The molecule has 1 fully saturated rings. The Morgan fingerprint density at radius 1 is 1.52 bits per heavy atom. The molecule has 2 rings (SSSR count). The Hall–Kier alpha value is -0.870. The van der Waals surface area contributed by atoms with E-state index in [4.69, 9.17) is 0 Å². The molecule has 4 nitrogen and oxygen atoms in total. The number of rotatable bonds is 5. The van der Waals surface area contributed by atoms with Gasteiger partial charge in [0.2, 0.25) is 0 Å². The molecule has 1 aromatic rings. The largest absolute Gasteiger partial charge is 0.315 e. The summed E-state index contributed by atoms with van der Waals surface area (Å²) >= 11 is 0. The SMILES string of the molecule is CNC(Cc1cc(C)nn1C)C1(N(C)C)CCCC(C)C1. The van der Waals surface area contributed by atoms with Gasteiger partial charge in [-0.25, -0.2) is 0 Å². The quantitative estimate of drug-likeness (QED) is 0.904. The van der Waals surface area contributed by atoms with Crippen LogP contribution in [0, 0.1) is 12.8 Å². The first kappa shape index (κ1) is 16.5. The van der Waals surface area contributed by atoms with Crippen LogP contribution in [-0.2, 0) is 13.5 Å². The number of hydrogen-bond donors (Lipinski definition) is 1. The monoisotopic (exact) mass is 292 g/mol. The summed E-state index contributed by atoms with van der Waals surface area (Å²) in [6, 6.07) is 2.69. The maximum absolute atomic E-state index is 4.50. The molecule has 1 saturated carbocycles. The van der Waals surface area contributed by atoms with E-state index in [1.165, 1.54) is 31.4 Å². The van der Waals surface area contributed by atoms with Gasteiger partial charge in [-0.15, -0.1) is 0 Å². The number of likely N-dealkylation sites (N-methyl/N-ethyl adjacent to an activating group) is 2. The van der Waals surface area contributed by atoms with Gasteiger partial charge in [-0.3, -0.25) is 4.68 Å². The van der Waals surface area contributed by atoms with Gasteiger partial charge in [-0.2, -0.15) is 5.10 Å². The van der Waals surface area contributed by atoms with Gasteiger partial charge in [0.05, 0.1) is 5.69 Å². The summed E-state index contributed by atoms with van der Waals surface area (Å²) in [5.41, 5.74) is 2.69. The van der Waals surface area contributed by atoms with E-state index in [1.807, 2.05) is 4.68 Å². The molecule has 0 aromatic carbocycles. The molecule has 0 spiro atoms. The Morgan fingerprint density at radius 3 is 2.71 bits per heavy atom. The highest BCUT2D eigenvalue weighted by atomic mass is 15.3. The fourth-order valence-corrected chi connectivity index (χ4v) is 4.22. The lowest BCUT2D eigenvalue weighted by Gasteiger charge is -2.50. The van der Waals surface area contributed by atoms with E-state index in [0.29, 0.717) is 6.04 Å². The van der Waals surface area contributed by atoms with Crippen molar-refractivity contribution in [2.75, 3.05) is 21.1 Å². The first-order chi connectivity index (χ1) is 9.89. The molecule has 1 aliphatic rings. The van der Waals surface area contributed by atoms with Crippen LogP contribution < -0.4 is 5.32 Å². The minimum Gasteiger partial charge on any atom is -0.315 e. The Bertz CT molecular complexity index is 465. The summed E-state index contributed by atoms with van der Waals surface area (Å²) in [6.07, 6.45) is 6.31. The second kappa shape index (κ2) is 6.49. The molecule has 0 amide bonds. The van der Waals surface area contributed by atoms with Crippen molar-refractivity contribution in [1.82, 2.24) is 20.0 Å². The second-order valence-corrected chi connectivity index (χ2v) is 7.15. The molecule has 1 aliphatic carbocycles. The summed E-state index contributed by atoms with van der Waals surface area (Å²) in [5.74, 6) is 0.810. The van der Waals surface area contributed by atoms with E-state index < -0.39 is 0 Å². The van der Waals surface area contributed by atoms with Crippen molar-refractivity contribution in [3.8, 4) is 0 Å². The predicted octanol–water partition coefficient (Wildman–Crippen LogP) is 2.37. The highest BCUT2D eigenvalue weighted by Crippen LogP contribution is 2.39. The maximum Gasteiger partial charge on any atom is 0.0596 e. The van der Waals surface area contributed by atoms with Crippen LogP contribution in [0.4, 0.5) is 0 Å². The zero-order valence-corrected chi connectivity index (χ0v) is 14.6. The molecule has 0 radical (unpaired) electrons. The van der Waals surface area contributed by atoms with Gasteiger partial charge < -0.3 is 10.2 Å². The van der Waals surface area contributed by atoms with Crippen molar-refractivity contribution in [2.45, 2.75) is 57.5 Å². The summed E-state index contributed by atoms with van der Waals surface area (Å²) in [5, 5.41) is 8.12. The molecule has 21 heavy (non-hydrogen) atoms. The number of aryl methyl sites for hydroxylation is 2. The van der Waals surface area contributed by atoms with E-state index in [2.05, 4.69) is 63.4 Å². The van der Waals surface area contributed by atoms with Crippen LogP contribution in [0.2, 0.25) is 0 Å². The first-order valence-electron chi connectivity index (χ1n) is 8.23. The van der Waals surface area contributed by atoms with Gasteiger partial charge in [0.25, 0.3) is 0 Å². The van der Waals surface area contributed by atoms with Crippen LogP contribution in [0.25, 0.3) is 0 Å². The van der Waals surface area contributed by atoms with E-state index >= 15 is 0 Å². The van der Waals surface area contributed by atoms with E-state index in [1.54, 1.807) is 0 Å². The van der Waals surface area contributed by atoms with Gasteiger partial charge >= 0.3 is 0 Å². The molecule has 3 unspecified atom stereocenters. The van der Waals surface area contributed by atoms with Gasteiger partial charge in [-0.05, 0) is 52.9 Å². The van der Waals surface area contributed by atoms with Crippen molar-refractivity contribution in [3.05, 3.63) is 17.5 Å². The fraction of sp³-hybridized carbons (Fsp3) is 0.824. The van der Waals surface area contributed by atoms with Crippen molar-refractivity contribution in [1.29, 1.82) is 0 Å². The van der Waals surface area contributed by atoms with Crippen molar-refractivity contribution < 1.29 is 0 Å². The lowest BCUT2D eigenvalue weighted by atomic mass is 9.70. The molecule has 0 aliphatic heterocycles. The molecule has 120 valence electrons. The fourth-order valence-electron chi connectivity index (χ4n) is 4.22. The Morgan fingerprint density at radius 2 is 2.24 bits per heavy atom. The zero-order chi connectivity index (χ0) is 15.6. The Balaban J connectivity index is 2.26. The van der Waals surface area contributed by atoms with Gasteiger partial charge in [0.15, 0.2) is 0 Å².